The summed E-state index contributed by atoms with van der Waals surface area (Å²) in [5.41, 5.74) is 0.390. The highest BCUT2D eigenvalue weighted by Crippen LogP contribution is 2.42. The van der Waals surface area contributed by atoms with Gasteiger partial charge in [0.2, 0.25) is 0 Å². The van der Waals surface area contributed by atoms with E-state index in [1.165, 1.54) is 4.57 Å². The molecule has 0 N–H and O–H groups in total. The maximum Gasteiger partial charge on any atom is 0.310 e. The van der Waals surface area contributed by atoms with Gasteiger partial charge in [0.1, 0.15) is 17.1 Å². The Labute approximate surface area is 245 Å². The predicted octanol–water partition coefficient (Wildman–Crippen LogP) is 6.85. The molecule has 1 aromatic carbocycles. The Morgan fingerprint density at radius 1 is 1.10 bits per heavy atom. The van der Waals surface area contributed by atoms with Crippen LogP contribution >= 0.6 is 0 Å². The van der Waals surface area contributed by atoms with E-state index >= 15 is 4.39 Å². The van der Waals surface area contributed by atoms with Crippen LogP contribution in [0.25, 0.3) is 11.2 Å². The third-order valence-electron chi connectivity index (χ3n) is 8.51. The number of hydrogen-bond acceptors (Lipinski definition) is 6. The number of imidazole rings is 1. The van der Waals surface area contributed by atoms with Gasteiger partial charge in [0.25, 0.3) is 5.91 Å². The van der Waals surface area contributed by atoms with E-state index < -0.39 is 29.1 Å². The molecule has 2 aliphatic rings. The molecule has 3 aromatic rings. The number of aromatic nitrogens is 3. The summed E-state index contributed by atoms with van der Waals surface area (Å²) < 4.78 is 42.5. The first-order valence-electron chi connectivity index (χ1n) is 15.0. The number of likely N-dealkylation sites (tertiary alicyclic amines) is 1. The Morgan fingerprint density at radius 3 is 2.52 bits per heavy atom. The summed E-state index contributed by atoms with van der Waals surface area (Å²) in [6.07, 6.45) is 7.14. The minimum atomic E-state index is -1.13. The number of carbonyl (C=O) groups excluding carboxylic acids is 2. The SMILES string of the molecule is CC(C)Oc1ccc(C2CCCC2)c(C(=O)N2CCCC[C@@]2(C)c2nc3ncc(F)c(F)c3n2COC(=O)C(C)C)c1. The number of piperidine rings is 1. The van der Waals surface area contributed by atoms with Crippen LogP contribution in [0.15, 0.2) is 24.4 Å². The van der Waals surface area contributed by atoms with Gasteiger partial charge in [-0.3, -0.25) is 14.2 Å². The number of benzene rings is 1. The predicted molar refractivity (Wildman–Crippen MR) is 154 cm³/mol. The van der Waals surface area contributed by atoms with Crippen LogP contribution in [-0.2, 0) is 21.8 Å². The average Bonchev–Trinajstić information content (AvgIpc) is 3.62. The Balaban J connectivity index is 1.62. The maximum atomic E-state index is 15.2. The fourth-order valence-corrected chi connectivity index (χ4v) is 6.35. The van der Waals surface area contributed by atoms with Crippen molar-refractivity contribution >= 4 is 23.0 Å². The second kappa shape index (κ2) is 12.0. The van der Waals surface area contributed by atoms with Crippen molar-refractivity contribution in [1.29, 1.82) is 0 Å². The largest absolute Gasteiger partial charge is 0.491 e. The number of hydrogen-bond donors (Lipinski definition) is 0. The standard InChI is InChI=1S/C32H40F2N4O4/c1-19(2)30(40)41-18-37-27-26(34)25(33)17-35-28(27)36-31(37)32(5)14-8-9-15-38(32)29(39)24-16-22(42-20(3)4)12-13-23(24)21-10-6-7-11-21/h12-13,16-17,19-21H,6-11,14-15,18H2,1-5H3/t32-/m0/s1. The van der Waals surface area contributed by atoms with Crippen LogP contribution in [0.3, 0.4) is 0 Å². The van der Waals surface area contributed by atoms with Gasteiger partial charge in [0.05, 0.1) is 23.8 Å². The highest BCUT2D eigenvalue weighted by Gasteiger charge is 2.44. The Kier molecular flexibility index (Phi) is 8.53. The molecular weight excluding hydrogens is 542 g/mol. The molecule has 0 radical (unpaired) electrons. The highest BCUT2D eigenvalue weighted by molar-refractivity contribution is 5.97. The number of pyridine rings is 1. The molecule has 0 bridgehead atoms. The molecule has 42 heavy (non-hydrogen) atoms. The molecule has 1 saturated heterocycles. The zero-order chi connectivity index (χ0) is 30.2. The van der Waals surface area contributed by atoms with Crippen LogP contribution in [0.4, 0.5) is 8.78 Å². The van der Waals surface area contributed by atoms with Crippen molar-refractivity contribution in [3.8, 4) is 5.75 Å². The number of amides is 1. The monoisotopic (exact) mass is 582 g/mol. The van der Waals surface area contributed by atoms with Crippen molar-refractivity contribution in [3.05, 3.63) is 53.0 Å². The molecule has 5 rings (SSSR count). The van der Waals surface area contributed by atoms with Crippen LogP contribution in [0, 0.1) is 17.6 Å². The molecule has 1 saturated carbocycles. The minimum absolute atomic E-state index is 0.0114. The first kappa shape index (κ1) is 29.9. The number of esters is 1. The molecule has 8 nitrogen and oxygen atoms in total. The van der Waals surface area contributed by atoms with E-state index in [2.05, 4.69) is 9.97 Å². The summed E-state index contributed by atoms with van der Waals surface area (Å²) in [4.78, 5) is 37.5. The van der Waals surface area contributed by atoms with E-state index in [1.807, 2.05) is 39.0 Å². The van der Waals surface area contributed by atoms with Crippen LogP contribution in [0.5, 0.6) is 5.75 Å². The van der Waals surface area contributed by atoms with Gasteiger partial charge in [-0.15, -0.1) is 0 Å². The normalized spacial score (nSPS) is 19.7. The van der Waals surface area contributed by atoms with Gasteiger partial charge >= 0.3 is 5.97 Å². The van der Waals surface area contributed by atoms with E-state index in [-0.39, 0.29) is 35.8 Å². The zero-order valence-electron chi connectivity index (χ0n) is 25.1. The lowest BCUT2D eigenvalue weighted by Crippen LogP contribution is -2.52. The van der Waals surface area contributed by atoms with E-state index in [0.717, 1.165) is 50.3 Å². The van der Waals surface area contributed by atoms with E-state index in [1.54, 1.807) is 18.7 Å². The number of carbonyl (C=O) groups is 2. The summed E-state index contributed by atoms with van der Waals surface area (Å²) >= 11 is 0. The van der Waals surface area contributed by atoms with Crippen LogP contribution in [0.2, 0.25) is 0 Å². The Hall–Kier alpha value is -3.56. The molecule has 10 heteroatoms. The third kappa shape index (κ3) is 5.60. The maximum absolute atomic E-state index is 15.2. The summed E-state index contributed by atoms with van der Waals surface area (Å²) in [5.74, 6) is -2.10. The lowest BCUT2D eigenvalue weighted by atomic mass is 9.85. The number of nitrogens with zero attached hydrogens (tertiary/aromatic N) is 4. The van der Waals surface area contributed by atoms with E-state index in [4.69, 9.17) is 9.47 Å². The smallest absolute Gasteiger partial charge is 0.310 e. The van der Waals surface area contributed by atoms with Gasteiger partial charge in [0, 0.05) is 12.1 Å². The van der Waals surface area contributed by atoms with Crippen molar-refractivity contribution in [3.63, 3.8) is 0 Å². The van der Waals surface area contributed by atoms with Gasteiger partial charge in [-0.2, -0.15) is 0 Å². The lowest BCUT2D eigenvalue weighted by Gasteiger charge is -2.44. The summed E-state index contributed by atoms with van der Waals surface area (Å²) in [5, 5.41) is 0. The first-order chi connectivity index (χ1) is 20.0. The molecule has 226 valence electrons. The Bertz CT molecular complexity index is 1480. The quantitative estimate of drug-likeness (QED) is 0.270. The number of fused-ring (bicyclic) bond motifs is 1. The average molecular weight is 583 g/mol. The number of rotatable bonds is 8. The topological polar surface area (TPSA) is 86.6 Å². The molecule has 1 aliphatic heterocycles. The third-order valence-corrected chi connectivity index (χ3v) is 8.51. The molecule has 1 amide bonds. The van der Waals surface area contributed by atoms with Gasteiger partial charge in [-0.05, 0) is 76.5 Å². The second-order valence-electron chi connectivity index (χ2n) is 12.3. The van der Waals surface area contributed by atoms with Crippen molar-refractivity contribution in [1.82, 2.24) is 19.4 Å². The molecule has 0 unspecified atom stereocenters. The zero-order valence-corrected chi connectivity index (χ0v) is 25.1. The highest BCUT2D eigenvalue weighted by atomic mass is 19.2. The lowest BCUT2D eigenvalue weighted by molar-refractivity contribution is -0.151. The first-order valence-corrected chi connectivity index (χ1v) is 15.0. The van der Waals surface area contributed by atoms with Gasteiger partial charge < -0.3 is 14.4 Å². The fraction of sp³-hybridized carbons (Fsp3) is 0.562. The molecule has 2 aromatic heterocycles. The fourth-order valence-electron chi connectivity index (χ4n) is 6.35. The van der Waals surface area contributed by atoms with Crippen molar-refractivity contribution < 1.29 is 27.8 Å². The molecule has 1 aliphatic carbocycles. The second-order valence-corrected chi connectivity index (χ2v) is 12.3. The van der Waals surface area contributed by atoms with Gasteiger partial charge in [0.15, 0.2) is 24.0 Å². The van der Waals surface area contributed by atoms with Crippen LogP contribution < -0.4 is 4.74 Å². The molecule has 2 fully saturated rings. The minimum Gasteiger partial charge on any atom is -0.491 e. The molecular formula is C32H40F2N4O4. The summed E-state index contributed by atoms with van der Waals surface area (Å²) in [6.45, 7) is 9.24. The number of halogens is 2. The van der Waals surface area contributed by atoms with Gasteiger partial charge in [-0.1, -0.05) is 32.8 Å². The molecule has 1 atom stereocenters. The van der Waals surface area contributed by atoms with E-state index in [9.17, 15) is 14.0 Å². The van der Waals surface area contributed by atoms with Crippen molar-refractivity contribution in [2.45, 2.75) is 104 Å². The van der Waals surface area contributed by atoms with Crippen LogP contribution in [-0.4, -0.2) is 44.0 Å². The molecule has 3 heterocycles. The van der Waals surface area contributed by atoms with Crippen LogP contribution in [0.1, 0.15) is 107 Å². The summed E-state index contributed by atoms with van der Waals surface area (Å²) in [7, 11) is 0. The number of ether oxygens (including phenoxy) is 2. The van der Waals surface area contributed by atoms with Gasteiger partial charge in [-0.25, -0.2) is 18.7 Å². The Morgan fingerprint density at radius 2 is 1.83 bits per heavy atom. The van der Waals surface area contributed by atoms with E-state index in [0.29, 0.717) is 30.1 Å². The van der Waals surface area contributed by atoms with Crippen molar-refractivity contribution in [2.75, 3.05) is 6.54 Å². The van der Waals surface area contributed by atoms with Crippen molar-refractivity contribution in [2.24, 2.45) is 5.92 Å². The molecule has 0 spiro atoms. The summed E-state index contributed by atoms with van der Waals surface area (Å²) in [6, 6.07) is 5.80.